The molecule has 0 bridgehead atoms. The van der Waals surface area contributed by atoms with Crippen LogP contribution in [0.1, 0.15) is 42.6 Å². The lowest BCUT2D eigenvalue weighted by Crippen LogP contribution is -2.16. The van der Waals surface area contributed by atoms with E-state index in [0.717, 1.165) is 15.8 Å². The van der Waals surface area contributed by atoms with Crippen molar-refractivity contribution in [2.75, 3.05) is 30.5 Å². The monoisotopic (exact) mass is 554 g/mol. The molecule has 0 aliphatic rings. The number of nitrogens with one attached hydrogen (secondary N) is 2. The molecule has 2 N–H and O–H groups in total. The number of carbonyl (C=O) groups is 2. The summed E-state index contributed by atoms with van der Waals surface area (Å²) in [5.41, 5.74) is 2.60. The minimum Gasteiger partial charge on any atom is -0.492 e. The van der Waals surface area contributed by atoms with Gasteiger partial charge in [0.25, 0.3) is 5.91 Å². The first kappa shape index (κ1) is 27.1. The van der Waals surface area contributed by atoms with Crippen molar-refractivity contribution in [3.63, 3.8) is 0 Å². The van der Waals surface area contributed by atoms with Gasteiger partial charge in [0.1, 0.15) is 17.2 Å². The summed E-state index contributed by atoms with van der Waals surface area (Å²) in [7, 11) is 0. The first-order valence-electron chi connectivity index (χ1n) is 11.9. The number of amides is 2. The molecular weight excluding hydrogens is 524 g/mol. The number of halogens is 1. The number of anilines is 2. The molecule has 0 saturated carbocycles. The predicted molar refractivity (Wildman–Crippen MR) is 145 cm³/mol. The smallest absolute Gasteiger partial charge is 0.255 e. The molecule has 3 rings (SSSR count). The fourth-order valence-electron chi connectivity index (χ4n) is 3.44. The van der Waals surface area contributed by atoms with Crippen LogP contribution in [0.5, 0.6) is 17.2 Å². The van der Waals surface area contributed by atoms with Crippen LogP contribution in [0.15, 0.2) is 65.1 Å². The largest absolute Gasteiger partial charge is 0.492 e. The Balaban J connectivity index is 1.67. The second-order valence-corrected chi connectivity index (χ2v) is 8.82. The molecule has 0 atom stereocenters. The van der Waals surface area contributed by atoms with Crippen molar-refractivity contribution >= 4 is 39.1 Å². The lowest BCUT2D eigenvalue weighted by molar-refractivity contribution is -0.116. The molecular formula is C28H31BrN2O5. The van der Waals surface area contributed by atoms with Crippen molar-refractivity contribution in [1.82, 2.24) is 0 Å². The highest BCUT2D eigenvalue weighted by Crippen LogP contribution is 2.37. The molecule has 0 aliphatic heterocycles. The zero-order chi connectivity index (χ0) is 25.9. The number of hydrogen-bond acceptors (Lipinski definition) is 5. The molecule has 7 nitrogen and oxygen atoms in total. The van der Waals surface area contributed by atoms with E-state index in [-0.39, 0.29) is 18.2 Å². The van der Waals surface area contributed by atoms with E-state index in [2.05, 4.69) is 26.6 Å². The summed E-state index contributed by atoms with van der Waals surface area (Å²) in [5.74, 6) is 1.18. The Morgan fingerprint density at radius 1 is 0.806 bits per heavy atom. The molecule has 0 aromatic heterocycles. The van der Waals surface area contributed by atoms with Gasteiger partial charge in [0, 0.05) is 24.1 Å². The highest BCUT2D eigenvalue weighted by Gasteiger charge is 2.17. The molecule has 0 unspecified atom stereocenters. The number of benzene rings is 3. The number of aryl methyl sites for hydroxylation is 1. The fraction of sp³-hybridized carbons (Fsp3) is 0.286. The summed E-state index contributed by atoms with van der Waals surface area (Å²) >= 11 is 3.49. The van der Waals surface area contributed by atoms with Crippen LogP contribution >= 0.6 is 15.9 Å². The summed E-state index contributed by atoms with van der Waals surface area (Å²) < 4.78 is 18.2. The van der Waals surface area contributed by atoms with Gasteiger partial charge in [0.15, 0.2) is 0 Å². The molecule has 8 heteroatoms. The lowest BCUT2D eigenvalue weighted by Gasteiger charge is -2.18. The predicted octanol–water partition coefficient (Wildman–Crippen LogP) is 6.60. The molecule has 0 saturated heterocycles. The number of hydrogen-bond donors (Lipinski definition) is 2. The van der Waals surface area contributed by atoms with Crippen LogP contribution in [0.3, 0.4) is 0 Å². The summed E-state index contributed by atoms with van der Waals surface area (Å²) in [4.78, 5) is 25.4. The zero-order valence-corrected chi connectivity index (χ0v) is 22.3. The van der Waals surface area contributed by atoms with Crippen molar-refractivity contribution in [2.24, 2.45) is 0 Å². The Bertz CT molecular complexity index is 1180. The van der Waals surface area contributed by atoms with Gasteiger partial charge < -0.3 is 24.8 Å². The van der Waals surface area contributed by atoms with E-state index in [1.54, 1.807) is 36.4 Å². The number of ether oxygens (including phenoxy) is 3. The summed E-state index contributed by atoms with van der Waals surface area (Å²) in [6.07, 6.45) is 0.811. The normalized spacial score (nSPS) is 10.4. The minimum absolute atomic E-state index is 0.175. The molecule has 2 amide bonds. The van der Waals surface area contributed by atoms with Crippen molar-refractivity contribution < 1.29 is 23.8 Å². The molecule has 3 aromatic carbocycles. The molecule has 0 spiro atoms. The third-order valence-electron chi connectivity index (χ3n) is 5.13. The van der Waals surface area contributed by atoms with Crippen molar-refractivity contribution in [3.8, 4) is 17.2 Å². The van der Waals surface area contributed by atoms with Crippen LogP contribution in [0.2, 0.25) is 0 Å². The molecule has 0 heterocycles. The highest BCUT2D eigenvalue weighted by atomic mass is 79.9. The molecule has 190 valence electrons. The van der Waals surface area contributed by atoms with Gasteiger partial charge >= 0.3 is 0 Å². The molecule has 0 radical (unpaired) electrons. The quantitative estimate of drug-likeness (QED) is 0.246. The number of rotatable bonds is 12. The Labute approximate surface area is 220 Å². The van der Waals surface area contributed by atoms with Crippen LogP contribution in [0.4, 0.5) is 11.4 Å². The first-order chi connectivity index (χ1) is 17.4. The van der Waals surface area contributed by atoms with Crippen LogP contribution in [-0.2, 0) is 4.79 Å². The molecule has 0 fully saturated rings. The van der Waals surface area contributed by atoms with Crippen molar-refractivity contribution in [2.45, 2.75) is 33.6 Å². The Kier molecular flexibility index (Phi) is 10.2. The van der Waals surface area contributed by atoms with Gasteiger partial charge in [-0.15, -0.1) is 0 Å². The zero-order valence-electron chi connectivity index (χ0n) is 20.7. The number of carbonyl (C=O) groups excluding carboxylic acids is 2. The van der Waals surface area contributed by atoms with Gasteiger partial charge in [-0.25, -0.2) is 0 Å². The van der Waals surface area contributed by atoms with E-state index in [0.29, 0.717) is 54.7 Å². The van der Waals surface area contributed by atoms with Gasteiger partial charge in [0.05, 0.1) is 35.7 Å². The maximum Gasteiger partial charge on any atom is 0.255 e. The van der Waals surface area contributed by atoms with Gasteiger partial charge in [-0.05, 0) is 73.0 Å². The van der Waals surface area contributed by atoms with Crippen LogP contribution in [0.25, 0.3) is 0 Å². The van der Waals surface area contributed by atoms with Gasteiger partial charge in [-0.2, -0.15) is 0 Å². The maximum absolute atomic E-state index is 12.7. The van der Waals surface area contributed by atoms with E-state index >= 15 is 0 Å². The first-order valence-corrected chi connectivity index (χ1v) is 12.7. The van der Waals surface area contributed by atoms with Crippen LogP contribution in [0, 0.1) is 6.92 Å². The summed E-state index contributed by atoms with van der Waals surface area (Å²) in [6, 6.07) is 18.1. The maximum atomic E-state index is 12.7. The van der Waals surface area contributed by atoms with E-state index in [4.69, 9.17) is 14.2 Å². The van der Waals surface area contributed by atoms with E-state index < -0.39 is 0 Å². The Morgan fingerprint density at radius 3 is 2.06 bits per heavy atom. The molecule has 0 aliphatic carbocycles. The van der Waals surface area contributed by atoms with E-state index in [1.807, 2.05) is 45.0 Å². The van der Waals surface area contributed by atoms with E-state index in [9.17, 15) is 9.59 Å². The SMILES string of the molecule is CCOc1cc(NC(=O)c2ccccc2)c(OCC)cc1NC(=O)CCCOc1ccc(C)cc1Br. The summed E-state index contributed by atoms with van der Waals surface area (Å²) in [5, 5.41) is 5.78. The second kappa shape index (κ2) is 13.5. The summed E-state index contributed by atoms with van der Waals surface area (Å²) in [6.45, 7) is 6.90. The van der Waals surface area contributed by atoms with Crippen molar-refractivity contribution in [3.05, 3.63) is 76.3 Å². The van der Waals surface area contributed by atoms with E-state index in [1.165, 1.54) is 0 Å². The second-order valence-electron chi connectivity index (χ2n) is 7.96. The Morgan fingerprint density at radius 2 is 1.44 bits per heavy atom. The molecule has 3 aromatic rings. The average molecular weight is 555 g/mol. The lowest BCUT2D eigenvalue weighted by atomic mass is 10.2. The minimum atomic E-state index is -0.268. The Hall–Kier alpha value is -3.52. The topological polar surface area (TPSA) is 85.9 Å². The highest BCUT2D eigenvalue weighted by molar-refractivity contribution is 9.10. The van der Waals surface area contributed by atoms with Crippen molar-refractivity contribution in [1.29, 1.82) is 0 Å². The van der Waals surface area contributed by atoms with Gasteiger partial charge in [-0.3, -0.25) is 9.59 Å². The third-order valence-corrected chi connectivity index (χ3v) is 5.75. The average Bonchev–Trinajstić information content (AvgIpc) is 2.86. The molecule has 36 heavy (non-hydrogen) atoms. The third kappa shape index (κ3) is 7.75. The van der Waals surface area contributed by atoms with Gasteiger partial charge in [-0.1, -0.05) is 24.3 Å². The van der Waals surface area contributed by atoms with Gasteiger partial charge in [0.2, 0.25) is 5.91 Å². The van der Waals surface area contributed by atoms with Crippen LogP contribution < -0.4 is 24.8 Å². The fourth-order valence-corrected chi connectivity index (χ4v) is 4.05. The standard InChI is InChI=1S/C28H31BrN2O5/c1-4-34-25-18-23(31-28(33)20-10-7-6-8-11-20)26(35-5-2)17-22(25)30-27(32)12-9-15-36-24-14-13-19(3)16-21(24)29/h6-8,10-11,13-14,16-18H,4-5,9,12,15H2,1-3H3,(H,30,32)(H,31,33). The van der Waals surface area contributed by atoms with Crippen LogP contribution in [-0.4, -0.2) is 31.6 Å².